The molecule has 0 aliphatic rings. The highest BCUT2D eigenvalue weighted by molar-refractivity contribution is 5.97. The van der Waals surface area contributed by atoms with Gasteiger partial charge in [0.1, 0.15) is 5.65 Å². The fourth-order valence-electron chi connectivity index (χ4n) is 2.25. The van der Waals surface area contributed by atoms with E-state index in [0.717, 1.165) is 22.3 Å². The molecular weight excluding hydrogens is 252 g/mol. The van der Waals surface area contributed by atoms with Gasteiger partial charge in [-0.05, 0) is 24.3 Å². The third-order valence-corrected chi connectivity index (χ3v) is 3.29. The molecule has 5 nitrogen and oxygen atoms in total. The number of nitrogens with one attached hydrogen (secondary N) is 1. The highest BCUT2D eigenvalue weighted by Gasteiger charge is 2.10. The van der Waals surface area contributed by atoms with Crippen LogP contribution in [0.5, 0.6) is 0 Å². The maximum absolute atomic E-state index is 11.7. The quantitative estimate of drug-likeness (QED) is 0.771. The fourth-order valence-corrected chi connectivity index (χ4v) is 2.25. The van der Waals surface area contributed by atoms with Crippen LogP contribution in [0.25, 0.3) is 22.3 Å². The molecule has 0 unspecified atom stereocenters. The largest absolute Gasteiger partial charge is 0.355 e. The minimum Gasteiger partial charge on any atom is -0.355 e. The summed E-state index contributed by atoms with van der Waals surface area (Å²) in [6.07, 6.45) is 5.37. The van der Waals surface area contributed by atoms with Crippen molar-refractivity contribution in [3.05, 3.63) is 48.4 Å². The number of pyridine rings is 2. The number of amides is 1. The van der Waals surface area contributed by atoms with Gasteiger partial charge in [0.15, 0.2) is 0 Å². The number of aryl methyl sites for hydroxylation is 1. The van der Waals surface area contributed by atoms with Crippen LogP contribution in [0.3, 0.4) is 0 Å². The van der Waals surface area contributed by atoms with Gasteiger partial charge in [-0.2, -0.15) is 0 Å². The van der Waals surface area contributed by atoms with Gasteiger partial charge in [0.25, 0.3) is 5.91 Å². The summed E-state index contributed by atoms with van der Waals surface area (Å²) in [5.41, 5.74) is 3.24. The molecule has 20 heavy (non-hydrogen) atoms. The van der Waals surface area contributed by atoms with Crippen LogP contribution in [0, 0.1) is 0 Å². The summed E-state index contributed by atoms with van der Waals surface area (Å²) in [4.78, 5) is 20.4. The van der Waals surface area contributed by atoms with E-state index in [1.165, 1.54) is 0 Å². The van der Waals surface area contributed by atoms with Crippen molar-refractivity contribution in [3.63, 3.8) is 0 Å². The molecule has 0 bridgehead atoms. The molecule has 0 fully saturated rings. The maximum Gasteiger partial charge on any atom is 0.251 e. The summed E-state index contributed by atoms with van der Waals surface area (Å²) >= 11 is 0. The van der Waals surface area contributed by atoms with E-state index in [2.05, 4.69) is 15.3 Å². The van der Waals surface area contributed by atoms with Gasteiger partial charge in [-0.15, -0.1) is 0 Å². The Morgan fingerprint density at radius 1 is 1.20 bits per heavy atom. The smallest absolute Gasteiger partial charge is 0.251 e. The summed E-state index contributed by atoms with van der Waals surface area (Å²) < 4.78 is 1.96. The van der Waals surface area contributed by atoms with Crippen molar-refractivity contribution < 1.29 is 4.79 Å². The van der Waals surface area contributed by atoms with E-state index < -0.39 is 0 Å². The van der Waals surface area contributed by atoms with Crippen molar-refractivity contribution >= 4 is 16.9 Å². The Morgan fingerprint density at radius 2 is 2.00 bits per heavy atom. The zero-order chi connectivity index (χ0) is 14.1. The van der Waals surface area contributed by atoms with Gasteiger partial charge in [-0.1, -0.05) is 0 Å². The number of rotatable bonds is 2. The topological polar surface area (TPSA) is 59.8 Å². The van der Waals surface area contributed by atoms with Gasteiger partial charge in [-0.25, -0.2) is 4.98 Å². The maximum atomic E-state index is 11.7. The first-order chi connectivity index (χ1) is 9.70. The molecular formula is C15H14N4O. The third-order valence-electron chi connectivity index (χ3n) is 3.29. The Kier molecular flexibility index (Phi) is 2.95. The predicted molar refractivity (Wildman–Crippen MR) is 77.3 cm³/mol. The Hall–Kier alpha value is -2.69. The van der Waals surface area contributed by atoms with Crippen molar-refractivity contribution in [2.45, 2.75) is 0 Å². The standard InChI is InChI=1S/C15H14N4O/c1-16-15(20)10-3-6-17-13(9-10)11-4-7-18-14-12(11)5-8-19(14)2/h3-9H,1-2H3,(H,16,20). The molecule has 0 aromatic carbocycles. The van der Waals surface area contributed by atoms with Gasteiger partial charge in [0.2, 0.25) is 0 Å². The third kappa shape index (κ3) is 1.93. The Balaban J connectivity index is 2.18. The van der Waals surface area contributed by atoms with E-state index >= 15 is 0 Å². The molecule has 3 aromatic heterocycles. The molecule has 0 aliphatic heterocycles. The van der Waals surface area contributed by atoms with E-state index in [4.69, 9.17) is 0 Å². The van der Waals surface area contributed by atoms with Crippen LogP contribution in [0.1, 0.15) is 10.4 Å². The van der Waals surface area contributed by atoms with E-state index in [1.54, 1.807) is 31.6 Å². The lowest BCUT2D eigenvalue weighted by Gasteiger charge is -2.05. The number of hydrogen-bond donors (Lipinski definition) is 1. The first-order valence-corrected chi connectivity index (χ1v) is 6.29. The summed E-state index contributed by atoms with van der Waals surface area (Å²) in [6, 6.07) is 7.41. The Labute approximate surface area is 116 Å². The van der Waals surface area contributed by atoms with Gasteiger partial charge >= 0.3 is 0 Å². The van der Waals surface area contributed by atoms with Crippen molar-refractivity contribution in [1.82, 2.24) is 19.9 Å². The summed E-state index contributed by atoms with van der Waals surface area (Å²) in [6.45, 7) is 0. The first-order valence-electron chi connectivity index (χ1n) is 6.29. The van der Waals surface area contributed by atoms with Crippen LogP contribution in [0.4, 0.5) is 0 Å². The minimum atomic E-state index is -0.119. The molecule has 0 aliphatic carbocycles. The van der Waals surface area contributed by atoms with Gasteiger partial charge in [-0.3, -0.25) is 9.78 Å². The predicted octanol–water partition coefficient (Wildman–Crippen LogP) is 1.99. The Morgan fingerprint density at radius 3 is 2.80 bits per heavy atom. The first kappa shape index (κ1) is 12.3. The van der Waals surface area contributed by atoms with Crippen molar-refractivity contribution in [1.29, 1.82) is 0 Å². The zero-order valence-electron chi connectivity index (χ0n) is 11.3. The molecule has 3 aromatic rings. The van der Waals surface area contributed by atoms with Gasteiger partial charge in [0.05, 0.1) is 5.69 Å². The second kappa shape index (κ2) is 4.77. The fraction of sp³-hybridized carbons (Fsp3) is 0.133. The summed E-state index contributed by atoms with van der Waals surface area (Å²) in [7, 11) is 3.57. The van der Waals surface area contributed by atoms with E-state index in [1.807, 2.05) is 29.9 Å². The van der Waals surface area contributed by atoms with Crippen LogP contribution in [-0.2, 0) is 7.05 Å². The van der Waals surface area contributed by atoms with Crippen LogP contribution in [-0.4, -0.2) is 27.5 Å². The molecule has 1 amide bonds. The second-order valence-corrected chi connectivity index (χ2v) is 4.53. The van der Waals surface area contributed by atoms with Gasteiger partial charge < -0.3 is 9.88 Å². The van der Waals surface area contributed by atoms with Crippen LogP contribution >= 0.6 is 0 Å². The van der Waals surface area contributed by atoms with Crippen LogP contribution < -0.4 is 5.32 Å². The number of fused-ring (bicyclic) bond motifs is 1. The van der Waals surface area contributed by atoms with Crippen molar-refractivity contribution in [2.24, 2.45) is 7.05 Å². The molecule has 0 saturated carbocycles. The molecule has 3 rings (SSSR count). The Bertz CT molecular complexity index is 791. The number of hydrogen-bond acceptors (Lipinski definition) is 3. The lowest BCUT2D eigenvalue weighted by atomic mass is 10.1. The van der Waals surface area contributed by atoms with Crippen LogP contribution in [0.15, 0.2) is 42.9 Å². The number of nitrogens with zero attached hydrogens (tertiary/aromatic N) is 3. The van der Waals surface area contributed by atoms with E-state index in [0.29, 0.717) is 5.56 Å². The van der Waals surface area contributed by atoms with E-state index in [-0.39, 0.29) is 5.91 Å². The number of carbonyl (C=O) groups excluding carboxylic acids is 1. The normalized spacial score (nSPS) is 10.7. The highest BCUT2D eigenvalue weighted by atomic mass is 16.1. The SMILES string of the molecule is CNC(=O)c1ccnc(-c2ccnc3c2ccn3C)c1. The zero-order valence-corrected chi connectivity index (χ0v) is 11.3. The van der Waals surface area contributed by atoms with Crippen molar-refractivity contribution in [3.8, 4) is 11.3 Å². The molecule has 100 valence electrons. The highest BCUT2D eigenvalue weighted by Crippen LogP contribution is 2.26. The van der Waals surface area contributed by atoms with Gasteiger partial charge in [0, 0.05) is 49.2 Å². The van der Waals surface area contributed by atoms with Crippen LogP contribution in [0.2, 0.25) is 0 Å². The molecule has 0 spiro atoms. The molecule has 3 heterocycles. The minimum absolute atomic E-state index is 0.119. The lowest BCUT2D eigenvalue weighted by molar-refractivity contribution is 0.0963. The lowest BCUT2D eigenvalue weighted by Crippen LogP contribution is -2.17. The second-order valence-electron chi connectivity index (χ2n) is 4.53. The molecule has 0 atom stereocenters. The summed E-state index contributed by atoms with van der Waals surface area (Å²) in [5, 5.41) is 3.64. The van der Waals surface area contributed by atoms with E-state index in [9.17, 15) is 4.79 Å². The summed E-state index contributed by atoms with van der Waals surface area (Å²) in [5.74, 6) is -0.119. The number of carbonyl (C=O) groups is 1. The molecule has 5 heteroatoms. The molecule has 0 saturated heterocycles. The van der Waals surface area contributed by atoms with Crippen molar-refractivity contribution in [2.75, 3.05) is 7.05 Å². The number of aromatic nitrogens is 3. The molecule has 1 N–H and O–H groups in total. The average molecular weight is 266 g/mol. The monoisotopic (exact) mass is 266 g/mol. The average Bonchev–Trinajstić information content (AvgIpc) is 2.88. The molecule has 0 radical (unpaired) electrons.